The maximum Gasteiger partial charge on any atom is 0.248 e. The molecule has 0 radical (unpaired) electrons. The fourth-order valence-corrected chi connectivity index (χ4v) is 1.93. The Morgan fingerprint density at radius 2 is 2.12 bits per heavy atom. The molecule has 0 spiro atoms. The van der Waals surface area contributed by atoms with E-state index in [4.69, 9.17) is 5.73 Å². The van der Waals surface area contributed by atoms with Crippen molar-refractivity contribution >= 4 is 5.91 Å². The number of carbonyl (C=O) groups excluding carboxylic acids is 1. The van der Waals surface area contributed by atoms with Gasteiger partial charge in [0.05, 0.1) is 0 Å². The van der Waals surface area contributed by atoms with E-state index >= 15 is 0 Å². The van der Waals surface area contributed by atoms with Gasteiger partial charge in [0.2, 0.25) is 5.91 Å². The van der Waals surface area contributed by atoms with Gasteiger partial charge in [0.1, 0.15) is 0 Å². The average Bonchev–Trinajstić information content (AvgIpc) is 2.29. The molecule has 1 amide bonds. The highest BCUT2D eigenvalue weighted by Gasteiger charge is 2.10. The third-order valence-corrected chi connectivity index (χ3v) is 3.02. The lowest BCUT2D eigenvalue weighted by Crippen LogP contribution is -2.32. The summed E-state index contributed by atoms with van der Waals surface area (Å²) in [6, 6.07) is 7.97. The molecule has 1 aromatic rings. The molecule has 0 saturated heterocycles. The van der Waals surface area contributed by atoms with Gasteiger partial charge in [-0.3, -0.25) is 4.79 Å². The SMILES string of the molecule is CCC(NCc1cccc(C(N)=O)c1)C(C)C. The summed E-state index contributed by atoms with van der Waals surface area (Å²) in [5.74, 6) is 0.238. The highest BCUT2D eigenvalue weighted by atomic mass is 16.1. The van der Waals surface area contributed by atoms with Crippen LogP contribution < -0.4 is 11.1 Å². The second-order valence-electron chi connectivity index (χ2n) is 4.70. The Labute approximate surface area is 103 Å². The molecule has 0 aliphatic carbocycles. The summed E-state index contributed by atoms with van der Waals surface area (Å²) >= 11 is 0. The lowest BCUT2D eigenvalue weighted by molar-refractivity contribution is 0.1000. The minimum atomic E-state index is -0.372. The van der Waals surface area contributed by atoms with Gasteiger partial charge < -0.3 is 11.1 Å². The highest BCUT2D eigenvalue weighted by Crippen LogP contribution is 2.09. The minimum absolute atomic E-state index is 0.372. The number of nitrogens with two attached hydrogens (primary N) is 1. The van der Waals surface area contributed by atoms with Crippen LogP contribution >= 0.6 is 0 Å². The van der Waals surface area contributed by atoms with Crippen LogP contribution in [-0.4, -0.2) is 11.9 Å². The van der Waals surface area contributed by atoms with Crippen LogP contribution in [0, 0.1) is 5.92 Å². The topological polar surface area (TPSA) is 55.1 Å². The van der Waals surface area contributed by atoms with Gasteiger partial charge in [0.15, 0.2) is 0 Å². The first kappa shape index (κ1) is 13.7. The summed E-state index contributed by atoms with van der Waals surface area (Å²) in [4.78, 5) is 11.1. The van der Waals surface area contributed by atoms with Crippen LogP contribution in [-0.2, 0) is 6.54 Å². The fraction of sp³-hybridized carbons (Fsp3) is 0.500. The van der Waals surface area contributed by atoms with E-state index < -0.39 is 0 Å². The van der Waals surface area contributed by atoms with E-state index in [9.17, 15) is 4.79 Å². The number of hydrogen-bond acceptors (Lipinski definition) is 2. The van der Waals surface area contributed by atoms with E-state index in [1.807, 2.05) is 18.2 Å². The third kappa shape index (κ3) is 4.19. The monoisotopic (exact) mass is 234 g/mol. The van der Waals surface area contributed by atoms with E-state index in [1.165, 1.54) is 0 Å². The molecule has 1 unspecified atom stereocenters. The standard InChI is InChI=1S/C14H22N2O/c1-4-13(10(2)3)16-9-11-6-5-7-12(8-11)14(15)17/h5-8,10,13,16H,4,9H2,1-3H3,(H2,15,17). The molecule has 94 valence electrons. The molecule has 3 heteroatoms. The zero-order valence-electron chi connectivity index (χ0n) is 10.9. The van der Waals surface area contributed by atoms with Crippen molar-refractivity contribution in [3.8, 4) is 0 Å². The van der Waals surface area contributed by atoms with Crippen molar-refractivity contribution in [1.82, 2.24) is 5.32 Å². The van der Waals surface area contributed by atoms with Crippen LogP contribution in [0.1, 0.15) is 43.1 Å². The van der Waals surface area contributed by atoms with Crippen LogP contribution in [0.2, 0.25) is 0 Å². The molecule has 3 nitrogen and oxygen atoms in total. The number of benzene rings is 1. The molecule has 0 saturated carbocycles. The minimum Gasteiger partial charge on any atom is -0.366 e. The number of carbonyl (C=O) groups is 1. The lowest BCUT2D eigenvalue weighted by Gasteiger charge is -2.20. The predicted molar refractivity (Wildman–Crippen MR) is 70.7 cm³/mol. The Kier molecular flexibility index (Phi) is 5.16. The molecule has 0 fully saturated rings. The molecule has 1 aromatic carbocycles. The normalized spacial score (nSPS) is 12.7. The van der Waals surface area contributed by atoms with Gasteiger partial charge >= 0.3 is 0 Å². The van der Waals surface area contributed by atoms with Gasteiger partial charge in [-0.05, 0) is 30.0 Å². The number of nitrogens with one attached hydrogen (secondary N) is 1. The van der Waals surface area contributed by atoms with Crippen LogP contribution in [0.5, 0.6) is 0 Å². The molecule has 1 atom stereocenters. The number of hydrogen-bond donors (Lipinski definition) is 2. The summed E-state index contributed by atoms with van der Waals surface area (Å²) in [7, 11) is 0. The van der Waals surface area contributed by atoms with Crippen molar-refractivity contribution in [2.75, 3.05) is 0 Å². The van der Waals surface area contributed by atoms with Gasteiger partial charge in [0, 0.05) is 18.2 Å². The van der Waals surface area contributed by atoms with Crippen LogP contribution in [0.15, 0.2) is 24.3 Å². The van der Waals surface area contributed by atoms with Crippen molar-refractivity contribution in [1.29, 1.82) is 0 Å². The average molecular weight is 234 g/mol. The highest BCUT2D eigenvalue weighted by molar-refractivity contribution is 5.92. The van der Waals surface area contributed by atoms with E-state index in [-0.39, 0.29) is 5.91 Å². The summed E-state index contributed by atoms with van der Waals surface area (Å²) < 4.78 is 0. The first-order valence-electron chi connectivity index (χ1n) is 6.16. The van der Waals surface area contributed by atoms with Crippen molar-refractivity contribution < 1.29 is 4.79 Å². The maximum absolute atomic E-state index is 11.1. The summed E-state index contributed by atoms with van der Waals surface area (Å²) in [5, 5.41) is 3.50. The van der Waals surface area contributed by atoms with Gasteiger partial charge in [-0.15, -0.1) is 0 Å². The molecule has 0 heterocycles. The molecular weight excluding hydrogens is 212 g/mol. The molecule has 0 aliphatic heterocycles. The Hall–Kier alpha value is -1.35. The van der Waals surface area contributed by atoms with Crippen molar-refractivity contribution in [2.24, 2.45) is 11.7 Å². The Morgan fingerprint density at radius 1 is 1.41 bits per heavy atom. The quantitative estimate of drug-likeness (QED) is 0.793. The van der Waals surface area contributed by atoms with Crippen LogP contribution in [0.25, 0.3) is 0 Å². The second-order valence-corrected chi connectivity index (χ2v) is 4.70. The van der Waals surface area contributed by atoms with Gasteiger partial charge in [-0.2, -0.15) is 0 Å². The Morgan fingerprint density at radius 3 is 2.65 bits per heavy atom. The third-order valence-electron chi connectivity index (χ3n) is 3.02. The molecule has 17 heavy (non-hydrogen) atoms. The van der Waals surface area contributed by atoms with Crippen molar-refractivity contribution in [3.05, 3.63) is 35.4 Å². The molecule has 3 N–H and O–H groups in total. The largest absolute Gasteiger partial charge is 0.366 e. The fourth-order valence-electron chi connectivity index (χ4n) is 1.93. The predicted octanol–water partition coefficient (Wildman–Crippen LogP) is 2.31. The van der Waals surface area contributed by atoms with Gasteiger partial charge in [-0.1, -0.05) is 32.9 Å². The molecule has 0 aromatic heterocycles. The van der Waals surface area contributed by atoms with E-state index in [2.05, 4.69) is 26.1 Å². The Bertz CT molecular complexity index is 374. The smallest absolute Gasteiger partial charge is 0.248 e. The van der Waals surface area contributed by atoms with E-state index in [1.54, 1.807) is 6.07 Å². The van der Waals surface area contributed by atoms with Crippen LogP contribution in [0.4, 0.5) is 0 Å². The molecule has 0 bridgehead atoms. The van der Waals surface area contributed by atoms with E-state index in [0.29, 0.717) is 17.5 Å². The number of primary amides is 1. The zero-order chi connectivity index (χ0) is 12.8. The van der Waals surface area contributed by atoms with Crippen LogP contribution in [0.3, 0.4) is 0 Å². The van der Waals surface area contributed by atoms with Gasteiger partial charge in [-0.25, -0.2) is 0 Å². The molecule has 0 aliphatic rings. The first-order chi connectivity index (χ1) is 8.04. The first-order valence-corrected chi connectivity index (χ1v) is 6.16. The summed E-state index contributed by atoms with van der Waals surface area (Å²) in [6.07, 6.45) is 1.10. The number of rotatable bonds is 6. The summed E-state index contributed by atoms with van der Waals surface area (Å²) in [6.45, 7) is 7.37. The van der Waals surface area contributed by atoms with E-state index in [0.717, 1.165) is 18.5 Å². The summed E-state index contributed by atoms with van der Waals surface area (Å²) in [5.41, 5.74) is 6.92. The maximum atomic E-state index is 11.1. The number of amides is 1. The van der Waals surface area contributed by atoms with Crippen molar-refractivity contribution in [2.45, 2.75) is 39.8 Å². The van der Waals surface area contributed by atoms with Crippen molar-refractivity contribution in [3.63, 3.8) is 0 Å². The second kappa shape index (κ2) is 6.40. The Balaban J connectivity index is 2.62. The molecular formula is C14H22N2O. The zero-order valence-corrected chi connectivity index (χ0v) is 10.9. The lowest BCUT2D eigenvalue weighted by atomic mass is 10.0. The molecule has 1 rings (SSSR count). The van der Waals surface area contributed by atoms with Gasteiger partial charge in [0.25, 0.3) is 0 Å².